The lowest BCUT2D eigenvalue weighted by molar-refractivity contribution is -0.148. The number of esters is 1. The lowest BCUT2D eigenvalue weighted by Gasteiger charge is -2.24. The van der Waals surface area contributed by atoms with Crippen molar-refractivity contribution < 1.29 is 27.9 Å². The second-order valence-electron chi connectivity index (χ2n) is 4.73. The molecule has 1 fully saturated rings. The normalized spacial score (nSPS) is 26.1. The minimum atomic E-state index is -3.87. The molecule has 2 atom stereocenters. The molecule has 0 aliphatic carbocycles. The Morgan fingerprint density at radius 1 is 1.47 bits per heavy atom. The average molecular weight is 293 g/mol. The van der Waals surface area contributed by atoms with Crippen LogP contribution in [0.3, 0.4) is 0 Å². The lowest BCUT2D eigenvalue weighted by atomic mass is 9.85. The zero-order valence-corrected chi connectivity index (χ0v) is 12.1. The van der Waals surface area contributed by atoms with Crippen LogP contribution in [0.2, 0.25) is 0 Å². The van der Waals surface area contributed by atoms with Crippen molar-refractivity contribution in [2.45, 2.75) is 31.9 Å². The largest absolute Gasteiger partial charge is 0.481 e. The zero-order valence-electron chi connectivity index (χ0n) is 11.2. The first-order chi connectivity index (χ1) is 8.71. The molecule has 1 heterocycles. The van der Waals surface area contributed by atoms with E-state index in [4.69, 9.17) is 0 Å². The Balaban J connectivity index is 2.95. The summed E-state index contributed by atoms with van der Waals surface area (Å²) >= 11 is 0. The van der Waals surface area contributed by atoms with Gasteiger partial charge in [-0.3, -0.25) is 9.59 Å². The van der Waals surface area contributed by atoms with Crippen molar-refractivity contribution in [2.75, 3.05) is 20.2 Å². The van der Waals surface area contributed by atoms with Crippen LogP contribution in [0, 0.1) is 5.41 Å². The van der Waals surface area contributed by atoms with Crippen LogP contribution in [0.25, 0.3) is 0 Å². The molecule has 1 saturated heterocycles. The van der Waals surface area contributed by atoms with Crippen LogP contribution in [0.5, 0.6) is 0 Å². The van der Waals surface area contributed by atoms with Gasteiger partial charge in [-0.25, -0.2) is 8.42 Å². The first-order valence-corrected chi connectivity index (χ1v) is 7.52. The van der Waals surface area contributed by atoms with E-state index in [-0.39, 0.29) is 19.5 Å². The number of ether oxygens (including phenoxy) is 1. The summed E-state index contributed by atoms with van der Waals surface area (Å²) in [5.74, 6) is -1.84. The van der Waals surface area contributed by atoms with Crippen LogP contribution >= 0.6 is 0 Å². The molecule has 0 spiro atoms. The highest BCUT2D eigenvalue weighted by Crippen LogP contribution is 2.36. The maximum absolute atomic E-state index is 12.2. The van der Waals surface area contributed by atoms with E-state index in [2.05, 4.69) is 4.74 Å². The van der Waals surface area contributed by atoms with Crippen LogP contribution in [-0.4, -0.2) is 55.2 Å². The van der Waals surface area contributed by atoms with Crippen LogP contribution in [-0.2, 0) is 24.3 Å². The monoisotopic (exact) mass is 293 g/mol. The number of carboxylic acid groups (broad SMARTS) is 1. The van der Waals surface area contributed by atoms with Gasteiger partial charge in [0.25, 0.3) is 0 Å². The van der Waals surface area contributed by atoms with Crippen LogP contribution < -0.4 is 0 Å². The van der Waals surface area contributed by atoms with E-state index in [1.165, 1.54) is 6.92 Å². The first-order valence-electron chi connectivity index (χ1n) is 6.01. The average Bonchev–Trinajstić information content (AvgIpc) is 2.83. The van der Waals surface area contributed by atoms with E-state index in [1.807, 2.05) is 0 Å². The Labute approximate surface area is 112 Å². The molecule has 0 bridgehead atoms. The smallest absolute Gasteiger partial charge is 0.325 e. The van der Waals surface area contributed by atoms with E-state index in [1.54, 1.807) is 6.92 Å². The minimum absolute atomic E-state index is 0.0947. The third-order valence-corrected chi connectivity index (χ3v) is 5.91. The van der Waals surface area contributed by atoms with Gasteiger partial charge in [-0.1, -0.05) is 6.92 Å². The zero-order chi connectivity index (χ0) is 14.8. The van der Waals surface area contributed by atoms with Crippen LogP contribution in [0.15, 0.2) is 0 Å². The summed E-state index contributed by atoms with van der Waals surface area (Å²) in [6, 6.07) is 0. The van der Waals surface area contributed by atoms with E-state index < -0.39 is 32.6 Å². The number of carbonyl (C=O) groups is 2. The quantitative estimate of drug-likeness (QED) is 0.720. The SMILES string of the molecule is CCC1(C(=O)O)CCN(S(=O)(=O)C(C)C(=O)OC)C1. The topological polar surface area (TPSA) is 101 Å². The van der Waals surface area contributed by atoms with Gasteiger partial charge in [-0.15, -0.1) is 0 Å². The standard InChI is InChI=1S/C11H19NO6S/c1-4-11(10(14)15)5-6-12(7-11)19(16,17)8(2)9(13)18-3/h8H,4-7H2,1-3H3,(H,14,15). The number of methoxy groups -OCH3 is 1. The number of aliphatic carboxylic acids is 1. The fourth-order valence-corrected chi connectivity index (χ4v) is 3.74. The fraction of sp³-hybridized carbons (Fsp3) is 0.818. The number of hydrogen-bond donors (Lipinski definition) is 1. The number of carboxylic acids is 1. The summed E-state index contributed by atoms with van der Waals surface area (Å²) < 4.78 is 29.9. The number of nitrogens with zero attached hydrogens (tertiary/aromatic N) is 1. The summed E-state index contributed by atoms with van der Waals surface area (Å²) in [6.07, 6.45) is 0.604. The molecule has 0 aromatic rings. The van der Waals surface area contributed by atoms with Gasteiger partial charge in [0.05, 0.1) is 12.5 Å². The highest BCUT2D eigenvalue weighted by molar-refractivity contribution is 7.90. The Kier molecular flexibility index (Phi) is 4.57. The van der Waals surface area contributed by atoms with E-state index >= 15 is 0 Å². The molecule has 1 aliphatic rings. The summed E-state index contributed by atoms with van der Waals surface area (Å²) in [5.41, 5.74) is -1.05. The number of carbonyl (C=O) groups excluding carboxylic acids is 1. The highest BCUT2D eigenvalue weighted by atomic mass is 32.2. The Morgan fingerprint density at radius 3 is 2.42 bits per heavy atom. The molecule has 1 N–H and O–H groups in total. The maximum Gasteiger partial charge on any atom is 0.325 e. The van der Waals surface area contributed by atoms with Gasteiger partial charge in [0, 0.05) is 13.1 Å². The summed E-state index contributed by atoms with van der Waals surface area (Å²) in [4.78, 5) is 22.6. The second kappa shape index (κ2) is 5.46. The molecule has 8 heteroatoms. The van der Waals surface area contributed by atoms with Gasteiger partial charge >= 0.3 is 11.9 Å². The molecular formula is C11H19NO6S. The first kappa shape index (κ1) is 15.9. The second-order valence-corrected chi connectivity index (χ2v) is 6.99. The van der Waals surface area contributed by atoms with Crippen molar-refractivity contribution in [2.24, 2.45) is 5.41 Å². The van der Waals surface area contributed by atoms with Crippen molar-refractivity contribution in [3.63, 3.8) is 0 Å². The van der Waals surface area contributed by atoms with Crippen LogP contribution in [0.1, 0.15) is 26.7 Å². The predicted octanol–water partition coefficient (Wildman–Crippen LogP) is 0.0644. The maximum atomic E-state index is 12.2. The predicted molar refractivity (Wildman–Crippen MR) is 66.9 cm³/mol. The van der Waals surface area contributed by atoms with Crippen molar-refractivity contribution in [1.29, 1.82) is 0 Å². The third kappa shape index (κ3) is 2.74. The van der Waals surface area contributed by atoms with Gasteiger partial charge in [0.15, 0.2) is 5.25 Å². The molecule has 2 unspecified atom stereocenters. The number of hydrogen-bond acceptors (Lipinski definition) is 5. The molecule has 0 aromatic heterocycles. The van der Waals surface area contributed by atoms with Crippen molar-refractivity contribution in [3.8, 4) is 0 Å². The van der Waals surface area contributed by atoms with Gasteiger partial charge < -0.3 is 9.84 Å². The number of sulfonamides is 1. The van der Waals surface area contributed by atoms with Crippen molar-refractivity contribution in [1.82, 2.24) is 4.31 Å². The van der Waals surface area contributed by atoms with Crippen molar-refractivity contribution >= 4 is 22.0 Å². The van der Waals surface area contributed by atoms with E-state index in [0.717, 1.165) is 11.4 Å². The molecule has 0 amide bonds. The fourth-order valence-electron chi connectivity index (χ4n) is 2.18. The molecule has 0 radical (unpaired) electrons. The van der Waals surface area contributed by atoms with Crippen molar-refractivity contribution in [3.05, 3.63) is 0 Å². The Morgan fingerprint density at radius 2 is 2.05 bits per heavy atom. The van der Waals surface area contributed by atoms with E-state index in [0.29, 0.717) is 6.42 Å². The minimum Gasteiger partial charge on any atom is -0.481 e. The Hall–Kier alpha value is -1.15. The summed E-state index contributed by atoms with van der Waals surface area (Å²) in [6.45, 7) is 2.98. The van der Waals surface area contributed by atoms with Gasteiger partial charge in [-0.05, 0) is 19.8 Å². The number of rotatable bonds is 5. The van der Waals surface area contributed by atoms with Gasteiger partial charge in [0.2, 0.25) is 10.0 Å². The highest BCUT2D eigenvalue weighted by Gasteiger charge is 2.48. The molecule has 110 valence electrons. The molecule has 7 nitrogen and oxygen atoms in total. The van der Waals surface area contributed by atoms with E-state index in [9.17, 15) is 23.1 Å². The molecule has 1 aliphatic heterocycles. The molecular weight excluding hydrogens is 274 g/mol. The molecule has 1 rings (SSSR count). The molecule has 0 aromatic carbocycles. The molecule has 19 heavy (non-hydrogen) atoms. The summed E-state index contributed by atoms with van der Waals surface area (Å²) in [7, 11) is -2.75. The van der Waals surface area contributed by atoms with Crippen LogP contribution in [0.4, 0.5) is 0 Å². The Bertz CT molecular complexity index is 474. The lowest BCUT2D eigenvalue weighted by Crippen LogP contribution is -2.42. The van der Waals surface area contributed by atoms with Gasteiger partial charge in [-0.2, -0.15) is 4.31 Å². The third-order valence-electron chi connectivity index (χ3n) is 3.79. The summed E-state index contributed by atoms with van der Waals surface area (Å²) in [5, 5.41) is 7.91. The van der Waals surface area contributed by atoms with Gasteiger partial charge in [0.1, 0.15) is 0 Å². The molecule has 0 saturated carbocycles.